The minimum Gasteiger partial charge on any atom is -0.632 e. The number of esters is 1. The van der Waals surface area contributed by atoms with Crippen molar-refractivity contribution in [3.8, 4) is 0 Å². The molecule has 0 saturated carbocycles. The summed E-state index contributed by atoms with van der Waals surface area (Å²) < 4.78 is 4.64. The van der Waals surface area contributed by atoms with E-state index in [2.05, 4.69) is 0 Å². The van der Waals surface area contributed by atoms with Crippen LogP contribution in [0.15, 0.2) is 11.6 Å². The van der Waals surface area contributed by atoms with Crippen LogP contribution in [0.25, 0.3) is 0 Å². The molecule has 3 N–H and O–H groups in total. The van der Waals surface area contributed by atoms with Crippen LogP contribution in [0.2, 0.25) is 0 Å². The van der Waals surface area contributed by atoms with Crippen LogP contribution >= 0.6 is 0 Å². The van der Waals surface area contributed by atoms with Crippen LogP contribution in [0, 0.1) is 11.1 Å². The first-order chi connectivity index (χ1) is 10.1. The van der Waals surface area contributed by atoms with E-state index >= 15 is 0 Å². The molecular formula is C15H25NO6. The topological polar surface area (TPSA) is 110 Å². The maximum absolute atomic E-state index is 12.4. The normalized spacial score (nSPS) is 35.0. The fourth-order valence-corrected chi connectivity index (χ4v) is 3.41. The van der Waals surface area contributed by atoms with Gasteiger partial charge in [0, 0.05) is 12.0 Å². The van der Waals surface area contributed by atoms with Gasteiger partial charge in [0.25, 0.3) is 0 Å². The fourth-order valence-electron chi connectivity index (χ4n) is 3.41. The number of rotatable bonds is 5. The number of carbonyl (C=O) groups excluding carboxylic acids is 1. The van der Waals surface area contributed by atoms with E-state index < -0.39 is 40.4 Å². The zero-order chi connectivity index (χ0) is 16.7. The molecule has 0 aromatic rings. The molecule has 0 amide bonds. The van der Waals surface area contributed by atoms with Crippen LogP contribution < -0.4 is 0 Å². The van der Waals surface area contributed by atoms with Crippen molar-refractivity contribution in [2.45, 2.75) is 51.0 Å². The molecule has 5 atom stereocenters. The SMILES string of the molecule is CC(C)[C@](O)(C(=O)OCC1=CC[N+]2([O-])CC[C@@H](O)[C@@H]12)[C@@H](C)O. The van der Waals surface area contributed by atoms with Crippen LogP contribution in [0.3, 0.4) is 0 Å². The molecule has 0 spiro atoms. The summed E-state index contributed by atoms with van der Waals surface area (Å²) in [5.41, 5.74) is -1.40. The van der Waals surface area contributed by atoms with E-state index in [1.165, 1.54) is 6.92 Å². The smallest absolute Gasteiger partial charge is 0.341 e. The number of nitrogens with zero attached hydrogens (tertiary/aromatic N) is 1. The van der Waals surface area contributed by atoms with Crippen molar-refractivity contribution in [3.63, 3.8) is 0 Å². The largest absolute Gasteiger partial charge is 0.632 e. The lowest BCUT2D eigenvalue weighted by atomic mass is 9.85. The van der Waals surface area contributed by atoms with Gasteiger partial charge in [0.2, 0.25) is 0 Å². The van der Waals surface area contributed by atoms with Gasteiger partial charge >= 0.3 is 5.97 Å². The van der Waals surface area contributed by atoms with Crippen LogP contribution in [-0.4, -0.2) is 69.5 Å². The van der Waals surface area contributed by atoms with Crippen molar-refractivity contribution in [2.24, 2.45) is 5.92 Å². The lowest BCUT2D eigenvalue weighted by molar-refractivity contribution is -0.877. The Bertz CT molecular complexity index is 467. The van der Waals surface area contributed by atoms with Gasteiger partial charge in [0.05, 0.1) is 19.2 Å². The van der Waals surface area contributed by atoms with E-state index in [0.717, 1.165) is 0 Å². The summed E-state index contributed by atoms with van der Waals surface area (Å²) >= 11 is 0. The number of hydroxylamine groups is 3. The Morgan fingerprint density at radius 3 is 2.73 bits per heavy atom. The Kier molecular flexibility index (Phi) is 4.66. The van der Waals surface area contributed by atoms with Gasteiger partial charge in [-0.15, -0.1) is 0 Å². The number of hydrogen-bond acceptors (Lipinski definition) is 6. The van der Waals surface area contributed by atoms with Crippen LogP contribution in [-0.2, 0) is 9.53 Å². The van der Waals surface area contributed by atoms with Gasteiger partial charge < -0.3 is 29.9 Å². The van der Waals surface area contributed by atoms with E-state index in [-0.39, 0.29) is 13.2 Å². The van der Waals surface area contributed by atoms with Gasteiger partial charge in [-0.25, -0.2) is 4.79 Å². The second-order valence-corrected chi connectivity index (χ2v) is 6.67. The van der Waals surface area contributed by atoms with Crippen LogP contribution in [0.4, 0.5) is 0 Å². The molecule has 0 aromatic carbocycles. The third-order valence-corrected chi connectivity index (χ3v) is 4.93. The molecule has 0 radical (unpaired) electrons. The molecule has 126 valence electrons. The molecule has 2 heterocycles. The van der Waals surface area contributed by atoms with Gasteiger partial charge in [0.15, 0.2) is 5.60 Å². The molecule has 2 aliphatic heterocycles. The second kappa shape index (κ2) is 5.90. The first kappa shape index (κ1) is 17.4. The molecule has 7 heteroatoms. The quantitative estimate of drug-likeness (QED) is 0.278. The lowest BCUT2D eigenvalue weighted by Crippen LogP contribution is -2.53. The van der Waals surface area contributed by atoms with Crippen LogP contribution in [0.5, 0.6) is 0 Å². The number of aliphatic hydroxyl groups excluding tert-OH is 2. The molecule has 7 nitrogen and oxygen atoms in total. The highest BCUT2D eigenvalue weighted by atomic mass is 16.6. The van der Waals surface area contributed by atoms with Gasteiger partial charge in [0.1, 0.15) is 18.8 Å². The van der Waals surface area contributed by atoms with Crippen molar-refractivity contribution >= 4 is 5.97 Å². The summed E-state index contributed by atoms with van der Waals surface area (Å²) in [6, 6.07) is -0.591. The molecule has 1 saturated heterocycles. The number of ether oxygens (including phenoxy) is 1. The fraction of sp³-hybridized carbons (Fsp3) is 0.800. The molecular weight excluding hydrogens is 290 g/mol. The monoisotopic (exact) mass is 315 g/mol. The Balaban J connectivity index is 2.03. The average Bonchev–Trinajstić information content (AvgIpc) is 2.92. The number of fused-ring (bicyclic) bond motifs is 1. The first-order valence-corrected chi connectivity index (χ1v) is 7.65. The van der Waals surface area contributed by atoms with Gasteiger partial charge in [-0.05, 0) is 18.9 Å². The molecule has 0 aliphatic carbocycles. The van der Waals surface area contributed by atoms with Crippen molar-refractivity contribution in [1.29, 1.82) is 0 Å². The molecule has 1 unspecified atom stereocenters. The van der Waals surface area contributed by atoms with E-state index in [1.807, 2.05) is 0 Å². The Hall–Kier alpha value is -0.990. The summed E-state index contributed by atoms with van der Waals surface area (Å²) in [5, 5.41) is 42.4. The average molecular weight is 315 g/mol. The number of aliphatic hydroxyl groups is 3. The minimum absolute atomic E-state index is 0.148. The highest BCUT2D eigenvalue weighted by Gasteiger charge is 2.49. The van der Waals surface area contributed by atoms with Crippen molar-refractivity contribution < 1.29 is 29.5 Å². The third-order valence-electron chi connectivity index (χ3n) is 4.93. The van der Waals surface area contributed by atoms with Gasteiger partial charge in [-0.2, -0.15) is 0 Å². The number of quaternary nitrogens is 1. The molecule has 2 rings (SSSR count). The lowest BCUT2D eigenvalue weighted by Gasteiger charge is -2.40. The first-order valence-electron chi connectivity index (χ1n) is 7.65. The zero-order valence-corrected chi connectivity index (χ0v) is 13.2. The molecule has 2 aliphatic rings. The van der Waals surface area contributed by atoms with Crippen molar-refractivity contribution in [2.75, 3.05) is 19.7 Å². The maximum Gasteiger partial charge on any atom is 0.341 e. The summed E-state index contributed by atoms with van der Waals surface area (Å²) in [7, 11) is 0. The molecule has 0 bridgehead atoms. The Morgan fingerprint density at radius 2 is 2.18 bits per heavy atom. The second-order valence-electron chi connectivity index (χ2n) is 6.67. The molecule has 1 fully saturated rings. The van der Waals surface area contributed by atoms with E-state index in [0.29, 0.717) is 18.5 Å². The standard InChI is InChI=1S/C15H25NO6/c1-9(2)15(20,10(3)17)14(19)22-8-11-4-6-16(21)7-5-12(18)13(11)16/h4,9-10,12-13,17-18,20H,5-8H2,1-3H3/t10-,12-,13-,15-,16?/m1/s1. The highest BCUT2D eigenvalue weighted by molar-refractivity contribution is 5.80. The van der Waals surface area contributed by atoms with Gasteiger partial charge in [-0.1, -0.05) is 13.8 Å². The van der Waals surface area contributed by atoms with E-state index in [9.17, 15) is 25.3 Å². The summed E-state index contributed by atoms with van der Waals surface area (Å²) in [4.78, 5) is 12.2. The third kappa shape index (κ3) is 2.68. The predicted molar refractivity (Wildman–Crippen MR) is 78.3 cm³/mol. The highest BCUT2D eigenvalue weighted by Crippen LogP contribution is 2.36. The zero-order valence-electron chi connectivity index (χ0n) is 13.2. The van der Waals surface area contributed by atoms with Gasteiger partial charge in [-0.3, -0.25) is 0 Å². The summed E-state index contributed by atoms with van der Waals surface area (Å²) in [5.74, 6) is -1.44. The molecule has 0 aromatic heterocycles. The number of hydrogen-bond donors (Lipinski definition) is 3. The Morgan fingerprint density at radius 1 is 1.55 bits per heavy atom. The number of carbonyl (C=O) groups is 1. The van der Waals surface area contributed by atoms with Crippen molar-refractivity contribution in [1.82, 2.24) is 0 Å². The minimum atomic E-state index is -1.99. The van der Waals surface area contributed by atoms with Crippen molar-refractivity contribution in [3.05, 3.63) is 16.9 Å². The van der Waals surface area contributed by atoms with E-state index in [1.54, 1.807) is 19.9 Å². The van der Waals surface area contributed by atoms with E-state index in [4.69, 9.17) is 4.74 Å². The predicted octanol–water partition coefficient (Wildman–Crippen LogP) is -0.315. The molecule has 22 heavy (non-hydrogen) atoms. The summed E-state index contributed by atoms with van der Waals surface area (Å²) in [6.07, 6.45) is 0.127. The summed E-state index contributed by atoms with van der Waals surface area (Å²) in [6.45, 7) is 5.02. The Labute approximate surface area is 130 Å². The van der Waals surface area contributed by atoms with Crippen LogP contribution in [0.1, 0.15) is 27.2 Å². The maximum atomic E-state index is 12.4.